The van der Waals surface area contributed by atoms with E-state index < -0.39 is 6.04 Å². The van der Waals surface area contributed by atoms with Crippen LogP contribution in [0.3, 0.4) is 0 Å². The molecule has 3 rings (SSSR count). The zero-order chi connectivity index (χ0) is 27.0. The topological polar surface area (TPSA) is 49.4 Å². The van der Waals surface area contributed by atoms with Gasteiger partial charge in [0.15, 0.2) is 0 Å². The van der Waals surface area contributed by atoms with Crippen LogP contribution in [0.4, 0.5) is 0 Å². The van der Waals surface area contributed by atoms with Gasteiger partial charge in [0.2, 0.25) is 11.8 Å². The van der Waals surface area contributed by atoms with Crippen molar-refractivity contribution in [3.05, 3.63) is 106 Å². The minimum atomic E-state index is -0.612. The Bertz CT molecular complexity index is 1170. The summed E-state index contributed by atoms with van der Waals surface area (Å²) >= 11 is 3.54. The molecule has 3 aromatic rings. The Hall–Kier alpha value is -2.92. The van der Waals surface area contributed by atoms with Crippen LogP contribution in [0.25, 0.3) is 0 Å². The predicted octanol–water partition coefficient (Wildman–Crippen LogP) is 6.84. The lowest BCUT2D eigenvalue weighted by atomic mass is 9.86. The van der Waals surface area contributed by atoms with Crippen LogP contribution in [0.2, 0.25) is 0 Å². The first kappa shape index (κ1) is 28.6. The third kappa shape index (κ3) is 8.85. The Kier molecular flexibility index (Phi) is 10.1. The lowest BCUT2D eigenvalue weighted by Crippen LogP contribution is -2.51. The molecule has 1 atom stereocenters. The number of nitrogens with one attached hydrogen (secondary N) is 1. The Morgan fingerprint density at radius 3 is 2.11 bits per heavy atom. The Labute approximate surface area is 230 Å². The second kappa shape index (κ2) is 13.0. The molecular weight excluding hydrogens is 524 g/mol. The SMILES string of the molecule is CC(C)NC(=O)C(Cc1ccccc1)N(Cc1cccc(Br)c1)C(=O)CCc1ccc(C(C)(C)C)cc1. The van der Waals surface area contributed by atoms with E-state index in [1.165, 1.54) is 5.56 Å². The lowest BCUT2D eigenvalue weighted by Gasteiger charge is -2.32. The fourth-order valence-electron chi connectivity index (χ4n) is 4.33. The molecule has 0 aliphatic carbocycles. The highest BCUT2D eigenvalue weighted by Gasteiger charge is 2.30. The van der Waals surface area contributed by atoms with Crippen LogP contribution in [0.15, 0.2) is 83.3 Å². The van der Waals surface area contributed by atoms with Crippen molar-refractivity contribution in [2.75, 3.05) is 0 Å². The second-order valence-electron chi connectivity index (χ2n) is 11.0. The molecule has 1 unspecified atom stereocenters. The maximum Gasteiger partial charge on any atom is 0.243 e. The third-order valence-corrected chi connectivity index (χ3v) is 6.88. The van der Waals surface area contributed by atoms with Crippen LogP contribution >= 0.6 is 15.9 Å². The number of halogens is 1. The van der Waals surface area contributed by atoms with Crippen molar-refractivity contribution in [1.29, 1.82) is 0 Å². The molecule has 0 aliphatic heterocycles. The van der Waals surface area contributed by atoms with Gasteiger partial charge in [-0.15, -0.1) is 0 Å². The van der Waals surface area contributed by atoms with Crippen LogP contribution in [0.1, 0.15) is 63.3 Å². The first-order chi connectivity index (χ1) is 17.5. The number of amides is 2. The zero-order valence-electron chi connectivity index (χ0n) is 22.6. The van der Waals surface area contributed by atoms with Crippen molar-refractivity contribution in [3.63, 3.8) is 0 Å². The van der Waals surface area contributed by atoms with E-state index in [4.69, 9.17) is 0 Å². The summed E-state index contributed by atoms with van der Waals surface area (Å²) < 4.78 is 0.947. The van der Waals surface area contributed by atoms with Gasteiger partial charge in [0.1, 0.15) is 6.04 Å². The van der Waals surface area contributed by atoms with Crippen molar-refractivity contribution in [2.45, 2.75) is 77.9 Å². The van der Waals surface area contributed by atoms with Crippen LogP contribution < -0.4 is 5.32 Å². The molecule has 0 fully saturated rings. The molecule has 0 saturated carbocycles. The lowest BCUT2D eigenvalue weighted by molar-refractivity contribution is -0.141. The molecule has 4 nitrogen and oxygen atoms in total. The van der Waals surface area contributed by atoms with E-state index in [1.54, 1.807) is 4.90 Å². The number of hydrogen-bond donors (Lipinski definition) is 1. The van der Waals surface area contributed by atoms with E-state index in [1.807, 2.05) is 68.4 Å². The molecule has 5 heteroatoms. The van der Waals surface area contributed by atoms with Crippen molar-refractivity contribution in [1.82, 2.24) is 10.2 Å². The van der Waals surface area contributed by atoms with Gasteiger partial charge in [0, 0.05) is 29.9 Å². The van der Waals surface area contributed by atoms with Gasteiger partial charge in [-0.05, 0) is 60.1 Å². The largest absolute Gasteiger partial charge is 0.352 e. The van der Waals surface area contributed by atoms with Crippen molar-refractivity contribution in [3.8, 4) is 0 Å². The number of carbonyl (C=O) groups is 2. The molecule has 0 aliphatic rings. The summed E-state index contributed by atoms with van der Waals surface area (Å²) in [6, 6.07) is 25.7. The second-order valence-corrected chi connectivity index (χ2v) is 11.9. The van der Waals surface area contributed by atoms with E-state index in [2.05, 4.69) is 66.3 Å². The van der Waals surface area contributed by atoms with E-state index in [0.717, 1.165) is 21.2 Å². The normalized spacial score (nSPS) is 12.3. The first-order valence-corrected chi connectivity index (χ1v) is 13.8. The molecule has 3 aromatic carbocycles. The van der Waals surface area contributed by atoms with Crippen molar-refractivity contribution >= 4 is 27.7 Å². The van der Waals surface area contributed by atoms with E-state index in [-0.39, 0.29) is 23.3 Å². The van der Waals surface area contributed by atoms with Crippen LogP contribution in [-0.4, -0.2) is 28.8 Å². The van der Waals surface area contributed by atoms with Gasteiger partial charge in [-0.1, -0.05) is 103 Å². The van der Waals surface area contributed by atoms with Gasteiger partial charge in [-0.25, -0.2) is 0 Å². The number of benzene rings is 3. The first-order valence-electron chi connectivity index (χ1n) is 13.0. The number of hydrogen-bond acceptors (Lipinski definition) is 2. The smallest absolute Gasteiger partial charge is 0.243 e. The van der Waals surface area contributed by atoms with Crippen LogP contribution in [0.5, 0.6) is 0 Å². The average Bonchev–Trinajstić information content (AvgIpc) is 2.84. The minimum absolute atomic E-state index is 0.0186. The molecule has 0 radical (unpaired) electrons. The van der Waals surface area contributed by atoms with Gasteiger partial charge in [-0.2, -0.15) is 0 Å². The molecular formula is C32H39BrN2O2. The molecule has 1 N–H and O–H groups in total. The van der Waals surface area contributed by atoms with Gasteiger partial charge >= 0.3 is 0 Å². The van der Waals surface area contributed by atoms with Gasteiger partial charge in [0.25, 0.3) is 0 Å². The Morgan fingerprint density at radius 1 is 0.865 bits per heavy atom. The third-order valence-electron chi connectivity index (χ3n) is 6.39. The van der Waals surface area contributed by atoms with Crippen LogP contribution in [0, 0.1) is 0 Å². The fourth-order valence-corrected chi connectivity index (χ4v) is 4.78. The summed E-state index contributed by atoms with van der Waals surface area (Å²) in [5.41, 5.74) is 4.48. The molecule has 0 aromatic heterocycles. The summed E-state index contributed by atoms with van der Waals surface area (Å²) in [6.07, 6.45) is 1.42. The summed E-state index contributed by atoms with van der Waals surface area (Å²) in [6.45, 7) is 10.8. The van der Waals surface area contributed by atoms with Crippen molar-refractivity contribution < 1.29 is 9.59 Å². The highest BCUT2D eigenvalue weighted by molar-refractivity contribution is 9.10. The number of nitrogens with zero attached hydrogens (tertiary/aromatic N) is 1. The maximum absolute atomic E-state index is 13.8. The van der Waals surface area contributed by atoms with E-state index in [0.29, 0.717) is 25.8 Å². The summed E-state index contributed by atoms with van der Waals surface area (Å²) in [5, 5.41) is 3.05. The standard InChI is InChI=1S/C32H39BrN2O2/c1-23(2)34-31(37)29(21-25-10-7-6-8-11-25)35(22-26-12-9-13-28(33)20-26)30(36)19-16-24-14-17-27(18-15-24)32(3,4)5/h6-15,17-18,20,23,29H,16,19,21-22H2,1-5H3,(H,34,37). The van der Waals surface area contributed by atoms with Gasteiger partial charge in [0.05, 0.1) is 0 Å². The highest BCUT2D eigenvalue weighted by Crippen LogP contribution is 2.23. The summed E-state index contributed by atoms with van der Waals surface area (Å²) in [5.74, 6) is -0.156. The summed E-state index contributed by atoms with van der Waals surface area (Å²) in [4.78, 5) is 29.0. The Morgan fingerprint density at radius 2 is 1.51 bits per heavy atom. The van der Waals surface area contributed by atoms with Gasteiger partial charge < -0.3 is 10.2 Å². The van der Waals surface area contributed by atoms with Crippen molar-refractivity contribution in [2.24, 2.45) is 0 Å². The zero-order valence-corrected chi connectivity index (χ0v) is 24.2. The quantitative estimate of drug-likeness (QED) is 0.294. The van der Waals surface area contributed by atoms with Gasteiger partial charge in [-0.3, -0.25) is 9.59 Å². The number of aryl methyl sites for hydroxylation is 1. The fraction of sp³-hybridized carbons (Fsp3) is 0.375. The predicted molar refractivity (Wildman–Crippen MR) is 155 cm³/mol. The molecule has 0 saturated heterocycles. The molecule has 2 amide bonds. The average molecular weight is 564 g/mol. The summed E-state index contributed by atoms with van der Waals surface area (Å²) in [7, 11) is 0. The number of rotatable bonds is 10. The Balaban J connectivity index is 1.88. The van der Waals surface area contributed by atoms with E-state index >= 15 is 0 Å². The molecule has 0 bridgehead atoms. The van der Waals surface area contributed by atoms with Crippen LogP contribution in [-0.2, 0) is 34.4 Å². The maximum atomic E-state index is 13.8. The van der Waals surface area contributed by atoms with E-state index in [9.17, 15) is 9.59 Å². The molecule has 196 valence electrons. The monoisotopic (exact) mass is 562 g/mol. The molecule has 37 heavy (non-hydrogen) atoms. The minimum Gasteiger partial charge on any atom is -0.352 e. The highest BCUT2D eigenvalue weighted by atomic mass is 79.9. The molecule has 0 spiro atoms. The molecule has 0 heterocycles. The number of carbonyl (C=O) groups excluding carboxylic acids is 2.